The number of aromatic nitrogens is 3. The highest BCUT2D eigenvalue weighted by molar-refractivity contribution is 5.99. The van der Waals surface area contributed by atoms with E-state index in [1.807, 2.05) is 6.07 Å². The number of rotatable bonds is 4. The van der Waals surface area contributed by atoms with Crippen LogP contribution in [0.25, 0.3) is 5.65 Å². The summed E-state index contributed by atoms with van der Waals surface area (Å²) in [6.45, 7) is 5.29. The zero-order chi connectivity index (χ0) is 22.5. The lowest BCUT2D eigenvalue weighted by atomic mass is 10.1. The summed E-state index contributed by atoms with van der Waals surface area (Å²) in [4.78, 5) is 21.5. The van der Waals surface area contributed by atoms with Gasteiger partial charge in [-0.1, -0.05) is 29.8 Å². The van der Waals surface area contributed by atoms with Crippen molar-refractivity contribution in [1.82, 2.24) is 24.4 Å². The van der Waals surface area contributed by atoms with E-state index in [4.69, 9.17) is 0 Å². The van der Waals surface area contributed by atoms with Crippen LogP contribution in [0.3, 0.4) is 0 Å². The molecule has 3 heterocycles. The normalized spacial score (nSPS) is 17.8. The van der Waals surface area contributed by atoms with E-state index in [-0.39, 0.29) is 23.0 Å². The van der Waals surface area contributed by atoms with E-state index >= 15 is 0 Å². The highest BCUT2D eigenvalue weighted by Crippen LogP contribution is 2.41. The molecule has 2 aromatic heterocycles. The summed E-state index contributed by atoms with van der Waals surface area (Å²) in [5.74, 6) is -0.284. The predicted octanol–water partition coefficient (Wildman–Crippen LogP) is 3.89. The first-order valence-corrected chi connectivity index (χ1v) is 10.8. The molecule has 5 rings (SSSR count). The molecule has 0 spiro atoms. The van der Waals surface area contributed by atoms with Crippen molar-refractivity contribution in [3.8, 4) is 0 Å². The lowest BCUT2D eigenvalue weighted by Crippen LogP contribution is -2.48. The highest BCUT2D eigenvalue weighted by Gasteiger charge is 2.38. The first kappa shape index (κ1) is 20.9. The summed E-state index contributed by atoms with van der Waals surface area (Å²) < 4.78 is 41.6. The molecular formula is C23H24F3N5O. The quantitative estimate of drug-likeness (QED) is 0.614. The first-order valence-electron chi connectivity index (χ1n) is 10.8. The molecule has 0 atom stereocenters. The second-order valence-electron chi connectivity index (χ2n) is 8.69. The molecule has 3 aromatic rings. The van der Waals surface area contributed by atoms with E-state index in [0.29, 0.717) is 31.9 Å². The molecule has 0 bridgehead atoms. The smallest absolute Gasteiger partial charge is 0.336 e. The molecule has 1 amide bonds. The standard InChI is InChI=1S/C23H24F3N5O/c1-15-3-2-4-16(11-15)14-29-7-9-30(10-8-29)22(32)18-13-27-31-20(23(24,25)26)12-19(17-5-6-17)28-21(18)31/h2-4,11-13,17H,5-10,14H2,1H3. The van der Waals surface area contributed by atoms with Crippen LogP contribution in [0.4, 0.5) is 13.2 Å². The van der Waals surface area contributed by atoms with Crippen molar-refractivity contribution in [3.05, 3.63) is 64.6 Å². The molecule has 1 aromatic carbocycles. The maximum atomic E-state index is 13.6. The minimum Gasteiger partial charge on any atom is -0.336 e. The number of amides is 1. The molecule has 32 heavy (non-hydrogen) atoms. The van der Waals surface area contributed by atoms with Gasteiger partial charge in [-0.2, -0.15) is 18.3 Å². The fraction of sp³-hybridized carbons (Fsp3) is 0.435. The lowest BCUT2D eigenvalue weighted by molar-refractivity contribution is -0.142. The molecule has 1 aliphatic carbocycles. The van der Waals surface area contributed by atoms with Crippen molar-refractivity contribution in [3.63, 3.8) is 0 Å². The summed E-state index contributed by atoms with van der Waals surface area (Å²) in [6, 6.07) is 9.40. The van der Waals surface area contributed by atoms with E-state index < -0.39 is 11.9 Å². The molecule has 2 fully saturated rings. The number of carbonyl (C=O) groups is 1. The number of benzene rings is 1. The van der Waals surface area contributed by atoms with E-state index in [0.717, 1.165) is 30.0 Å². The number of hydrogen-bond acceptors (Lipinski definition) is 4. The summed E-state index contributed by atoms with van der Waals surface area (Å²) in [5, 5.41) is 3.88. The zero-order valence-corrected chi connectivity index (χ0v) is 17.8. The number of hydrogen-bond donors (Lipinski definition) is 0. The van der Waals surface area contributed by atoms with Crippen LogP contribution in [0.5, 0.6) is 0 Å². The van der Waals surface area contributed by atoms with Crippen molar-refractivity contribution in [2.75, 3.05) is 26.2 Å². The second-order valence-corrected chi connectivity index (χ2v) is 8.69. The molecule has 0 unspecified atom stereocenters. The van der Waals surface area contributed by atoms with Crippen molar-refractivity contribution >= 4 is 11.6 Å². The van der Waals surface area contributed by atoms with Crippen LogP contribution in [0.15, 0.2) is 36.5 Å². The van der Waals surface area contributed by atoms with Gasteiger partial charge in [0.25, 0.3) is 5.91 Å². The number of alkyl halides is 3. The number of halogens is 3. The average molecular weight is 443 g/mol. The number of piperazine rings is 1. The minimum absolute atomic E-state index is 0.00563. The van der Waals surface area contributed by atoms with Gasteiger partial charge in [-0.3, -0.25) is 9.69 Å². The van der Waals surface area contributed by atoms with E-state index in [1.165, 1.54) is 17.3 Å². The van der Waals surface area contributed by atoms with Crippen LogP contribution in [0, 0.1) is 6.92 Å². The maximum absolute atomic E-state index is 13.6. The fourth-order valence-corrected chi connectivity index (χ4v) is 4.27. The minimum atomic E-state index is -4.57. The Bertz CT molecular complexity index is 1160. The summed E-state index contributed by atoms with van der Waals surface area (Å²) in [7, 11) is 0. The summed E-state index contributed by atoms with van der Waals surface area (Å²) >= 11 is 0. The van der Waals surface area contributed by atoms with Crippen LogP contribution < -0.4 is 0 Å². The number of aryl methyl sites for hydroxylation is 1. The molecule has 168 valence electrons. The molecule has 0 radical (unpaired) electrons. The van der Waals surface area contributed by atoms with Gasteiger partial charge < -0.3 is 4.90 Å². The van der Waals surface area contributed by atoms with Crippen molar-refractivity contribution in [2.45, 2.75) is 38.4 Å². The van der Waals surface area contributed by atoms with Gasteiger partial charge in [-0.25, -0.2) is 9.50 Å². The van der Waals surface area contributed by atoms with Crippen LogP contribution in [-0.2, 0) is 12.7 Å². The topological polar surface area (TPSA) is 53.7 Å². The van der Waals surface area contributed by atoms with Gasteiger partial charge in [0.05, 0.1) is 6.20 Å². The number of nitrogens with zero attached hydrogens (tertiary/aromatic N) is 5. The highest BCUT2D eigenvalue weighted by atomic mass is 19.4. The summed E-state index contributed by atoms with van der Waals surface area (Å²) in [5.41, 5.74) is 2.07. The van der Waals surface area contributed by atoms with Crippen LogP contribution in [0.1, 0.15) is 51.6 Å². The second kappa shape index (κ2) is 7.88. The Balaban J connectivity index is 1.35. The van der Waals surface area contributed by atoms with Gasteiger partial charge in [0.2, 0.25) is 0 Å². The van der Waals surface area contributed by atoms with Gasteiger partial charge in [-0.05, 0) is 31.4 Å². The molecule has 6 nitrogen and oxygen atoms in total. The maximum Gasteiger partial charge on any atom is 0.433 e. The lowest BCUT2D eigenvalue weighted by Gasteiger charge is -2.34. The third-order valence-corrected chi connectivity index (χ3v) is 6.16. The largest absolute Gasteiger partial charge is 0.433 e. The van der Waals surface area contributed by atoms with E-state index in [2.05, 4.69) is 40.1 Å². The van der Waals surface area contributed by atoms with Gasteiger partial charge in [-0.15, -0.1) is 0 Å². The van der Waals surface area contributed by atoms with Gasteiger partial charge in [0.1, 0.15) is 11.3 Å². The third-order valence-electron chi connectivity index (χ3n) is 6.16. The van der Waals surface area contributed by atoms with Crippen LogP contribution >= 0.6 is 0 Å². The molecular weight excluding hydrogens is 419 g/mol. The Kier molecular flexibility index (Phi) is 5.16. The first-order chi connectivity index (χ1) is 15.3. The summed E-state index contributed by atoms with van der Waals surface area (Å²) in [6.07, 6.45) is -1.71. The third kappa shape index (κ3) is 4.09. The van der Waals surface area contributed by atoms with Gasteiger partial charge >= 0.3 is 6.18 Å². The van der Waals surface area contributed by atoms with Crippen molar-refractivity contribution in [2.24, 2.45) is 0 Å². The SMILES string of the molecule is Cc1cccc(CN2CCN(C(=O)c3cnn4c(C(F)(F)F)cc(C5CC5)nc34)CC2)c1. The molecule has 1 aliphatic heterocycles. The Labute approximate surface area is 183 Å². The number of carbonyl (C=O) groups excluding carboxylic acids is 1. The van der Waals surface area contributed by atoms with Crippen molar-refractivity contribution in [1.29, 1.82) is 0 Å². The Morgan fingerprint density at radius 1 is 1.12 bits per heavy atom. The van der Waals surface area contributed by atoms with Gasteiger partial charge in [0, 0.05) is 44.3 Å². The molecule has 1 saturated carbocycles. The molecule has 2 aliphatic rings. The van der Waals surface area contributed by atoms with Crippen LogP contribution in [0.2, 0.25) is 0 Å². The Hall–Kier alpha value is -2.94. The van der Waals surface area contributed by atoms with E-state index in [9.17, 15) is 18.0 Å². The zero-order valence-electron chi connectivity index (χ0n) is 17.8. The predicted molar refractivity (Wildman–Crippen MR) is 112 cm³/mol. The Morgan fingerprint density at radius 2 is 1.88 bits per heavy atom. The van der Waals surface area contributed by atoms with Crippen LogP contribution in [-0.4, -0.2) is 56.5 Å². The van der Waals surface area contributed by atoms with E-state index in [1.54, 1.807) is 4.90 Å². The fourth-order valence-electron chi connectivity index (χ4n) is 4.27. The van der Waals surface area contributed by atoms with Gasteiger partial charge in [0.15, 0.2) is 5.65 Å². The molecule has 1 saturated heterocycles. The molecule has 9 heteroatoms. The molecule has 0 N–H and O–H groups in total. The monoisotopic (exact) mass is 443 g/mol. The Morgan fingerprint density at radius 3 is 2.53 bits per heavy atom. The number of fused-ring (bicyclic) bond motifs is 1. The van der Waals surface area contributed by atoms with Crippen molar-refractivity contribution < 1.29 is 18.0 Å². The average Bonchev–Trinajstić information content (AvgIpc) is 3.52.